The standard InChI is InChI=1S/C11H14O3S/c12-10-7-4-8-11(10)15(13,14)9-5-2-1-3-6-9/h1-3,5-6,10-12H,4,7-8H2/t10-,11+/m1/s1. The third-order valence-electron chi connectivity index (χ3n) is 2.89. The fraction of sp³-hybridized carbons (Fsp3) is 0.455. The highest BCUT2D eigenvalue weighted by Crippen LogP contribution is 2.29. The van der Waals surface area contributed by atoms with Gasteiger partial charge in [-0.1, -0.05) is 18.2 Å². The van der Waals surface area contributed by atoms with E-state index in [1.807, 2.05) is 0 Å². The SMILES string of the molecule is O=S(=O)(c1ccccc1)[C@H]1CCC[C@H]1O. The molecule has 1 aliphatic rings. The second-order valence-electron chi connectivity index (χ2n) is 3.89. The quantitative estimate of drug-likeness (QED) is 0.828. The van der Waals surface area contributed by atoms with Gasteiger partial charge in [0.15, 0.2) is 9.84 Å². The van der Waals surface area contributed by atoms with Crippen molar-refractivity contribution in [2.75, 3.05) is 0 Å². The largest absolute Gasteiger partial charge is 0.392 e. The van der Waals surface area contributed by atoms with Crippen LogP contribution in [0.3, 0.4) is 0 Å². The van der Waals surface area contributed by atoms with Crippen LogP contribution < -0.4 is 0 Å². The van der Waals surface area contributed by atoms with E-state index in [1.165, 1.54) is 0 Å². The summed E-state index contributed by atoms with van der Waals surface area (Å²) in [6, 6.07) is 8.35. The highest BCUT2D eigenvalue weighted by atomic mass is 32.2. The Morgan fingerprint density at radius 1 is 1.13 bits per heavy atom. The molecule has 1 aromatic rings. The maximum absolute atomic E-state index is 12.1. The van der Waals surface area contributed by atoms with Crippen LogP contribution in [-0.4, -0.2) is 24.9 Å². The van der Waals surface area contributed by atoms with E-state index in [4.69, 9.17) is 0 Å². The van der Waals surface area contributed by atoms with Gasteiger partial charge in [-0.3, -0.25) is 0 Å². The molecule has 3 nitrogen and oxygen atoms in total. The molecule has 1 saturated carbocycles. The van der Waals surface area contributed by atoms with Gasteiger partial charge in [-0.05, 0) is 31.4 Å². The molecule has 1 fully saturated rings. The van der Waals surface area contributed by atoms with Crippen molar-refractivity contribution in [2.24, 2.45) is 0 Å². The maximum Gasteiger partial charge on any atom is 0.183 e. The van der Waals surface area contributed by atoms with Gasteiger partial charge in [0.2, 0.25) is 0 Å². The van der Waals surface area contributed by atoms with E-state index in [2.05, 4.69) is 0 Å². The Hall–Kier alpha value is -0.870. The van der Waals surface area contributed by atoms with Crippen molar-refractivity contribution < 1.29 is 13.5 Å². The first-order valence-corrected chi connectivity index (χ1v) is 6.64. The second-order valence-corrected chi connectivity index (χ2v) is 6.06. The molecule has 4 heteroatoms. The first-order valence-electron chi connectivity index (χ1n) is 5.09. The van der Waals surface area contributed by atoms with Crippen LogP contribution in [0.5, 0.6) is 0 Å². The lowest BCUT2D eigenvalue weighted by atomic mass is 10.3. The van der Waals surface area contributed by atoms with E-state index in [1.54, 1.807) is 30.3 Å². The molecule has 0 aliphatic heterocycles. The monoisotopic (exact) mass is 226 g/mol. The predicted octanol–water partition coefficient (Wildman–Crippen LogP) is 1.37. The third-order valence-corrected chi connectivity index (χ3v) is 5.16. The minimum atomic E-state index is -3.34. The number of rotatable bonds is 2. The molecule has 0 saturated heterocycles. The van der Waals surface area contributed by atoms with Crippen molar-refractivity contribution >= 4 is 9.84 Å². The van der Waals surface area contributed by atoms with Crippen LogP contribution in [-0.2, 0) is 9.84 Å². The number of benzene rings is 1. The van der Waals surface area contributed by atoms with Gasteiger partial charge >= 0.3 is 0 Å². The molecule has 0 bridgehead atoms. The lowest BCUT2D eigenvalue weighted by molar-refractivity contribution is 0.185. The van der Waals surface area contributed by atoms with Gasteiger partial charge in [-0.15, -0.1) is 0 Å². The summed E-state index contributed by atoms with van der Waals surface area (Å²) in [4.78, 5) is 0.316. The number of sulfone groups is 1. The number of hydrogen-bond acceptors (Lipinski definition) is 3. The summed E-state index contributed by atoms with van der Waals surface area (Å²) < 4.78 is 24.2. The van der Waals surface area contributed by atoms with E-state index in [-0.39, 0.29) is 0 Å². The first-order chi connectivity index (χ1) is 7.12. The average molecular weight is 226 g/mol. The van der Waals surface area contributed by atoms with Crippen LogP contribution in [0.2, 0.25) is 0 Å². The second kappa shape index (κ2) is 3.94. The summed E-state index contributed by atoms with van der Waals surface area (Å²) in [6.07, 6.45) is 1.25. The number of hydrogen-bond donors (Lipinski definition) is 1. The van der Waals surface area contributed by atoms with Gasteiger partial charge in [0.25, 0.3) is 0 Å². The fourth-order valence-corrected chi connectivity index (χ4v) is 3.97. The molecular formula is C11H14O3S. The van der Waals surface area contributed by atoms with Crippen LogP contribution in [0.4, 0.5) is 0 Å². The van der Waals surface area contributed by atoms with Crippen molar-refractivity contribution in [1.82, 2.24) is 0 Å². The Morgan fingerprint density at radius 3 is 2.33 bits per heavy atom. The zero-order valence-corrected chi connectivity index (χ0v) is 9.15. The van der Waals surface area contributed by atoms with E-state index >= 15 is 0 Å². The van der Waals surface area contributed by atoms with E-state index in [9.17, 15) is 13.5 Å². The molecule has 1 N–H and O–H groups in total. The fourth-order valence-electron chi connectivity index (χ4n) is 2.05. The molecule has 1 aliphatic carbocycles. The molecule has 15 heavy (non-hydrogen) atoms. The lowest BCUT2D eigenvalue weighted by Crippen LogP contribution is -2.29. The minimum Gasteiger partial charge on any atom is -0.392 e. The Bertz CT molecular complexity index is 424. The average Bonchev–Trinajstić information content (AvgIpc) is 2.66. The van der Waals surface area contributed by atoms with Crippen LogP contribution in [0.1, 0.15) is 19.3 Å². The summed E-state index contributed by atoms with van der Waals surface area (Å²) >= 11 is 0. The van der Waals surface area contributed by atoms with Crippen LogP contribution >= 0.6 is 0 Å². The van der Waals surface area contributed by atoms with Gasteiger partial charge in [0, 0.05) is 0 Å². The van der Waals surface area contributed by atoms with Gasteiger partial charge in [-0.25, -0.2) is 8.42 Å². The van der Waals surface area contributed by atoms with Crippen LogP contribution in [0, 0.1) is 0 Å². The van der Waals surface area contributed by atoms with Gasteiger partial charge < -0.3 is 5.11 Å². The van der Waals surface area contributed by atoms with Crippen LogP contribution in [0.15, 0.2) is 35.2 Å². The summed E-state index contributed by atoms with van der Waals surface area (Å²) in [5.74, 6) is 0. The molecule has 0 unspecified atom stereocenters. The lowest BCUT2D eigenvalue weighted by Gasteiger charge is -2.15. The molecule has 2 atom stereocenters. The molecule has 0 aromatic heterocycles. The molecule has 2 rings (SSSR count). The van der Waals surface area contributed by atoms with Crippen molar-refractivity contribution in [1.29, 1.82) is 0 Å². The van der Waals surface area contributed by atoms with Crippen molar-refractivity contribution in [2.45, 2.75) is 35.5 Å². The summed E-state index contributed by atoms with van der Waals surface area (Å²) in [5.41, 5.74) is 0. The summed E-state index contributed by atoms with van der Waals surface area (Å²) in [6.45, 7) is 0. The zero-order valence-electron chi connectivity index (χ0n) is 8.33. The van der Waals surface area contributed by atoms with E-state index < -0.39 is 21.2 Å². The molecule has 0 amide bonds. The van der Waals surface area contributed by atoms with Gasteiger partial charge in [-0.2, -0.15) is 0 Å². The van der Waals surface area contributed by atoms with Gasteiger partial charge in [0.05, 0.1) is 16.2 Å². The molecule has 0 heterocycles. The van der Waals surface area contributed by atoms with Crippen LogP contribution in [0.25, 0.3) is 0 Å². The topological polar surface area (TPSA) is 54.4 Å². The van der Waals surface area contributed by atoms with Crippen molar-refractivity contribution in [3.05, 3.63) is 30.3 Å². The van der Waals surface area contributed by atoms with Crippen molar-refractivity contribution in [3.63, 3.8) is 0 Å². The molecular weight excluding hydrogens is 212 g/mol. The minimum absolute atomic E-state index is 0.316. The maximum atomic E-state index is 12.1. The number of aliphatic hydroxyl groups is 1. The molecule has 1 aromatic carbocycles. The van der Waals surface area contributed by atoms with E-state index in [0.29, 0.717) is 17.7 Å². The summed E-state index contributed by atoms with van der Waals surface area (Å²) in [7, 11) is -3.34. The third kappa shape index (κ3) is 1.92. The smallest absolute Gasteiger partial charge is 0.183 e. The first kappa shape index (κ1) is 10.6. The molecule has 82 valence electrons. The Balaban J connectivity index is 2.35. The Morgan fingerprint density at radius 2 is 1.80 bits per heavy atom. The molecule has 0 radical (unpaired) electrons. The van der Waals surface area contributed by atoms with Crippen molar-refractivity contribution in [3.8, 4) is 0 Å². The number of aliphatic hydroxyl groups excluding tert-OH is 1. The Labute approximate surface area is 89.7 Å². The summed E-state index contributed by atoms with van der Waals surface area (Å²) in [5, 5.41) is 9.00. The molecule has 0 spiro atoms. The van der Waals surface area contributed by atoms with E-state index in [0.717, 1.165) is 6.42 Å². The normalized spacial score (nSPS) is 26.7. The highest BCUT2D eigenvalue weighted by Gasteiger charge is 2.37. The highest BCUT2D eigenvalue weighted by molar-refractivity contribution is 7.92. The zero-order chi connectivity index (χ0) is 10.9. The van der Waals surface area contributed by atoms with Gasteiger partial charge in [0.1, 0.15) is 0 Å². The predicted molar refractivity (Wildman–Crippen MR) is 57.3 cm³/mol. The Kier molecular flexibility index (Phi) is 2.80.